The van der Waals surface area contributed by atoms with Crippen LogP contribution in [-0.4, -0.2) is 29.9 Å². The van der Waals surface area contributed by atoms with Crippen molar-refractivity contribution >= 4 is 50.8 Å². The maximum absolute atomic E-state index is 12.3. The van der Waals surface area contributed by atoms with Crippen LogP contribution in [0.25, 0.3) is 10.2 Å². The Hall–Kier alpha value is -1.60. The van der Waals surface area contributed by atoms with Crippen LogP contribution in [0.3, 0.4) is 0 Å². The van der Waals surface area contributed by atoms with Crippen LogP contribution in [0.1, 0.15) is 6.42 Å². The van der Waals surface area contributed by atoms with Crippen LogP contribution in [0.15, 0.2) is 58.4 Å². The third-order valence-corrected chi connectivity index (χ3v) is 6.08. The zero-order chi connectivity index (χ0) is 18.4. The first-order valence-corrected chi connectivity index (χ1v) is 10.4. The molecule has 0 radical (unpaired) electrons. The van der Waals surface area contributed by atoms with E-state index in [1.807, 2.05) is 53.1 Å². The minimum absolute atomic E-state index is 0.123. The quantitative estimate of drug-likeness (QED) is 0.538. The van der Waals surface area contributed by atoms with E-state index in [4.69, 9.17) is 16.3 Å². The molecule has 7 heteroatoms. The van der Waals surface area contributed by atoms with Crippen LogP contribution in [-0.2, 0) is 16.1 Å². The van der Waals surface area contributed by atoms with Gasteiger partial charge in [-0.25, -0.2) is 0 Å². The molecule has 0 aliphatic rings. The fourth-order valence-electron chi connectivity index (χ4n) is 2.50. The minimum atomic E-state index is -0.123. The third kappa shape index (κ3) is 4.76. The van der Waals surface area contributed by atoms with Crippen LogP contribution in [0.2, 0.25) is 5.02 Å². The van der Waals surface area contributed by atoms with Gasteiger partial charge < -0.3 is 9.30 Å². The number of methoxy groups -OCH3 is 1. The number of thiazole rings is 1. The molecule has 4 nitrogen and oxygen atoms in total. The topological polar surface area (TPSA) is 43.6 Å². The van der Waals surface area contributed by atoms with E-state index in [1.165, 1.54) is 11.3 Å². The van der Waals surface area contributed by atoms with E-state index >= 15 is 0 Å². The van der Waals surface area contributed by atoms with E-state index < -0.39 is 0 Å². The number of hydrogen-bond acceptors (Lipinski definition) is 4. The zero-order valence-corrected chi connectivity index (χ0v) is 16.7. The summed E-state index contributed by atoms with van der Waals surface area (Å²) in [6, 6.07) is 15.8. The molecule has 0 atom stereocenters. The molecule has 0 N–H and O–H groups in total. The molecule has 0 saturated heterocycles. The lowest BCUT2D eigenvalue weighted by Gasteiger charge is -2.05. The fourth-order valence-corrected chi connectivity index (χ4v) is 4.79. The Balaban J connectivity index is 1.79. The van der Waals surface area contributed by atoms with Crippen molar-refractivity contribution in [3.63, 3.8) is 0 Å². The van der Waals surface area contributed by atoms with Crippen molar-refractivity contribution in [2.75, 3.05) is 19.5 Å². The van der Waals surface area contributed by atoms with E-state index in [9.17, 15) is 4.79 Å². The highest BCUT2D eigenvalue weighted by atomic mass is 35.5. The van der Waals surface area contributed by atoms with Gasteiger partial charge in [0.25, 0.3) is 0 Å². The van der Waals surface area contributed by atoms with E-state index in [1.54, 1.807) is 18.9 Å². The molecular formula is C19H19ClN2O2S2. The highest BCUT2D eigenvalue weighted by Gasteiger charge is 2.11. The van der Waals surface area contributed by atoms with Gasteiger partial charge in [0.05, 0.1) is 21.8 Å². The van der Waals surface area contributed by atoms with Gasteiger partial charge in [0.1, 0.15) is 0 Å². The molecule has 0 fully saturated rings. The molecule has 0 saturated carbocycles. The van der Waals surface area contributed by atoms with Crippen molar-refractivity contribution in [1.82, 2.24) is 4.57 Å². The van der Waals surface area contributed by atoms with Gasteiger partial charge in [-0.3, -0.25) is 4.79 Å². The Morgan fingerprint density at radius 1 is 1.23 bits per heavy atom. The van der Waals surface area contributed by atoms with Crippen molar-refractivity contribution in [1.29, 1.82) is 0 Å². The number of benzene rings is 2. The average Bonchev–Trinajstić information content (AvgIpc) is 2.99. The smallest absolute Gasteiger partial charge is 0.249 e. The van der Waals surface area contributed by atoms with Gasteiger partial charge in [-0.05, 0) is 24.3 Å². The lowest BCUT2D eigenvalue weighted by molar-refractivity contribution is -0.117. The standard InChI is InChI=1S/C19H19ClN2O2S2/c1-24-12-11-22-18-15(20)8-5-9-16(18)26-19(22)21-17(23)10-13-25-14-6-3-2-4-7-14/h2-9H,10-13H2,1H3. The van der Waals surface area contributed by atoms with Crippen LogP contribution in [0.4, 0.5) is 0 Å². The van der Waals surface area contributed by atoms with Crippen LogP contribution < -0.4 is 4.80 Å². The minimum Gasteiger partial charge on any atom is -0.383 e. The highest BCUT2D eigenvalue weighted by molar-refractivity contribution is 7.99. The summed E-state index contributed by atoms with van der Waals surface area (Å²) in [5.41, 5.74) is 0.904. The Kier molecular flexibility index (Phi) is 6.91. The molecule has 0 aliphatic heterocycles. The molecule has 1 heterocycles. The van der Waals surface area contributed by atoms with Gasteiger partial charge in [-0.1, -0.05) is 47.2 Å². The number of thioether (sulfide) groups is 1. The predicted molar refractivity (Wildman–Crippen MR) is 109 cm³/mol. The lowest BCUT2D eigenvalue weighted by Crippen LogP contribution is -2.19. The second kappa shape index (κ2) is 9.37. The molecule has 0 spiro atoms. The van der Waals surface area contributed by atoms with E-state index in [0.717, 1.165) is 15.1 Å². The molecule has 3 aromatic rings. The monoisotopic (exact) mass is 406 g/mol. The lowest BCUT2D eigenvalue weighted by atomic mass is 10.3. The van der Waals surface area contributed by atoms with E-state index in [0.29, 0.717) is 35.1 Å². The maximum atomic E-state index is 12.3. The number of hydrogen-bond donors (Lipinski definition) is 0. The summed E-state index contributed by atoms with van der Waals surface area (Å²) in [4.78, 5) is 18.5. The summed E-state index contributed by atoms with van der Waals surface area (Å²) in [5.74, 6) is 0.582. The molecule has 1 aromatic heterocycles. The number of fused-ring (bicyclic) bond motifs is 1. The van der Waals surface area contributed by atoms with E-state index in [-0.39, 0.29) is 5.91 Å². The molecule has 26 heavy (non-hydrogen) atoms. The zero-order valence-electron chi connectivity index (χ0n) is 14.4. The second-order valence-corrected chi connectivity index (χ2v) is 8.12. The Bertz CT molecular complexity index is 951. The average molecular weight is 407 g/mol. The number of ether oxygens (including phenoxy) is 1. The van der Waals surface area contributed by atoms with Crippen molar-refractivity contribution in [2.45, 2.75) is 17.9 Å². The summed E-state index contributed by atoms with van der Waals surface area (Å²) >= 11 is 9.49. The van der Waals surface area contributed by atoms with Crippen LogP contribution >= 0.6 is 34.7 Å². The van der Waals surface area contributed by atoms with Crippen LogP contribution in [0, 0.1) is 0 Å². The largest absolute Gasteiger partial charge is 0.383 e. The Morgan fingerprint density at radius 2 is 2.04 bits per heavy atom. The predicted octanol–water partition coefficient (Wildman–Crippen LogP) is 4.61. The van der Waals surface area contributed by atoms with Gasteiger partial charge in [-0.2, -0.15) is 4.99 Å². The van der Waals surface area contributed by atoms with E-state index in [2.05, 4.69) is 4.99 Å². The normalized spacial score (nSPS) is 12.0. The summed E-state index contributed by atoms with van der Waals surface area (Å²) in [6.45, 7) is 1.13. The number of nitrogens with zero attached hydrogens (tertiary/aromatic N) is 2. The van der Waals surface area contributed by atoms with Gasteiger partial charge in [0.15, 0.2) is 4.80 Å². The number of aromatic nitrogens is 1. The summed E-state index contributed by atoms with van der Waals surface area (Å²) in [5, 5.41) is 0.656. The fraction of sp³-hybridized carbons (Fsp3) is 0.263. The van der Waals surface area contributed by atoms with Gasteiger partial charge in [0.2, 0.25) is 5.91 Å². The summed E-state index contributed by atoms with van der Waals surface area (Å²) in [6.07, 6.45) is 0.395. The number of carbonyl (C=O) groups excluding carboxylic acids is 1. The number of rotatable bonds is 7. The number of halogens is 1. The van der Waals surface area contributed by atoms with Crippen LogP contribution in [0.5, 0.6) is 0 Å². The summed E-state index contributed by atoms with van der Waals surface area (Å²) in [7, 11) is 1.65. The molecule has 1 amide bonds. The Labute approximate surface area is 165 Å². The highest BCUT2D eigenvalue weighted by Crippen LogP contribution is 2.25. The SMILES string of the molecule is COCCn1c(=NC(=O)CCSc2ccccc2)sc2cccc(Cl)c21. The number of amides is 1. The Morgan fingerprint density at radius 3 is 2.81 bits per heavy atom. The summed E-state index contributed by atoms with van der Waals surface area (Å²) < 4.78 is 8.17. The third-order valence-electron chi connectivity index (χ3n) is 3.72. The maximum Gasteiger partial charge on any atom is 0.249 e. The molecule has 0 aliphatic carbocycles. The van der Waals surface area contributed by atoms with Crippen molar-refractivity contribution in [2.24, 2.45) is 4.99 Å². The first-order chi connectivity index (χ1) is 12.7. The second-order valence-electron chi connectivity index (χ2n) is 5.53. The molecular weight excluding hydrogens is 388 g/mol. The number of carbonyl (C=O) groups is 1. The van der Waals surface area contributed by atoms with Gasteiger partial charge >= 0.3 is 0 Å². The van der Waals surface area contributed by atoms with Gasteiger partial charge in [-0.15, -0.1) is 11.8 Å². The molecule has 136 valence electrons. The first kappa shape index (κ1) is 19.2. The molecule has 0 unspecified atom stereocenters. The first-order valence-electron chi connectivity index (χ1n) is 8.21. The van der Waals surface area contributed by atoms with Crippen molar-refractivity contribution in [3.8, 4) is 0 Å². The molecule has 3 rings (SSSR count). The van der Waals surface area contributed by atoms with Crippen molar-refractivity contribution < 1.29 is 9.53 Å². The number of para-hydroxylation sites is 1. The van der Waals surface area contributed by atoms with Gasteiger partial charge in [0, 0.05) is 30.7 Å². The molecule has 0 bridgehead atoms. The molecule has 2 aromatic carbocycles. The van der Waals surface area contributed by atoms with Crippen molar-refractivity contribution in [3.05, 3.63) is 58.4 Å².